The maximum absolute atomic E-state index is 14.4. The lowest BCUT2D eigenvalue weighted by molar-refractivity contribution is 0.0682. The first kappa shape index (κ1) is 70.9. The molecule has 0 aliphatic heterocycles. The Morgan fingerprint density at radius 3 is 1.39 bits per heavy atom. The molecule has 0 aliphatic rings. The summed E-state index contributed by atoms with van der Waals surface area (Å²) in [6, 6.07) is 12.3. The van der Waals surface area contributed by atoms with Gasteiger partial charge in [-0.2, -0.15) is 25.5 Å². The molecule has 498 valence electrons. The third-order valence-electron chi connectivity index (χ3n) is 14.7. The van der Waals surface area contributed by atoms with E-state index in [1.807, 2.05) is 6.92 Å². The maximum Gasteiger partial charge on any atom is 0.337 e. The van der Waals surface area contributed by atoms with Crippen LogP contribution < -0.4 is 32.6 Å². The highest BCUT2D eigenvalue weighted by Crippen LogP contribution is 2.40. The zero-order chi connectivity index (χ0) is 71.1. The van der Waals surface area contributed by atoms with Crippen molar-refractivity contribution in [1.29, 1.82) is 10.5 Å². The van der Waals surface area contributed by atoms with Crippen LogP contribution >= 0.6 is 0 Å². The van der Waals surface area contributed by atoms with E-state index in [4.69, 9.17) is 6.57 Å². The molecule has 3 aromatic carbocycles. The quantitative estimate of drug-likeness (QED) is 0.0113. The van der Waals surface area contributed by atoms with Crippen molar-refractivity contribution in [1.82, 2.24) is 28.7 Å². The van der Waals surface area contributed by atoms with Gasteiger partial charge in [0.05, 0.1) is 40.0 Å². The van der Waals surface area contributed by atoms with Crippen molar-refractivity contribution in [2.75, 3.05) is 22.5 Å². The van der Waals surface area contributed by atoms with E-state index in [9.17, 15) is 99.6 Å². The van der Waals surface area contributed by atoms with Crippen LogP contribution in [0.5, 0.6) is 17.6 Å². The zero-order valence-corrected chi connectivity index (χ0v) is 51.5. The molecule has 0 amide bonds. The average molecular weight is 1330 g/mol. The number of carbonyl (C=O) groups is 6. The number of benzene rings is 3. The number of nitriles is 2. The third kappa shape index (κ3) is 16.0. The monoisotopic (exact) mass is 1330 g/mol. The summed E-state index contributed by atoms with van der Waals surface area (Å²) < 4.78 is 2.25. The van der Waals surface area contributed by atoms with Gasteiger partial charge in [-0.25, -0.2) is 33.6 Å². The molecule has 0 aliphatic carbocycles. The zero-order valence-electron chi connectivity index (χ0n) is 51.5. The molecule has 0 bridgehead atoms. The molecule has 0 fully saturated rings. The van der Waals surface area contributed by atoms with Crippen molar-refractivity contribution in [2.24, 2.45) is 30.7 Å². The molecule has 1 atom stereocenters. The molecule has 1 unspecified atom stereocenters. The average Bonchev–Trinajstić information content (AvgIpc) is 0.641. The van der Waals surface area contributed by atoms with Gasteiger partial charge in [0.25, 0.3) is 22.4 Å². The maximum atomic E-state index is 14.4. The van der Waals surface area contributed by atoms with Gasteiger partial charge >= 0.3 is 35.8 Å². The summed E-state index contributed by atoms with van der Waals surface area (Å²) in [7, 11) is 0. The standard InChI is InChI=1S/C61H56N18O18/c1-6-7-10-13-42(79-51(84)43(64-5)30(4)46(52(79)85)76-73-41-24-33(55(90)91)16-19-36(41)58(96)97)67-61-69-59(68-60(70-61)66-27-78-48(81)38(26-63)29(3)45(50(78)83)75-72-40-23-32(54(88)89)15-18-35(40)57(94)95)65-20-11-8-9-12-21-77-47(80)37(25-62)28(2)44(49(77)82)74-71-39-22-31(53(86)87)14-17-34(39)56(92)93/h14-19,22-24,42,82-83,85H,6-13,20-21,27H2,1-4H3,(H,86,87)(H,88,89)(H,90,91)(H,92,93)(H,94,95)(H,96,97)(H3,65,66,67,68,69,70). The molecular weight excluding hydrogens is 1270 g/mol. The minimum Gasteiger partial charge on any atom is -0.493 e. The SMILES string of the molecule is [C-]#[N+]c1c(C)c(N=Nc2cc(C(=O)O)ccc2C(=O)O)c(O)n(C(CCCCC)Nc2nc(NCCCCCCn3c(O)c(N=Nc4cc(C(=O)O)ccc4C(=O)O)c(C)c(C#N)c3=O)nc(NCn3c(O)c(N=Nc4cc(C(=O)O)ccc4C(=O)O)c(C)c(C#N)c3=O)n2)c1=O. The Morgan fingerprint density at radius 1 is 0.536 bits per heavy atom. The van der Waals surface area contributed by atoms with Gasteiger partial charge in [-0.1, -0.05) is 32.6 Å². The first-order chi connectivity index (χ1) is 46.2. The fraction of sp³-hybridized carbons (Fsp3) is 0.262. The van der Waals surface area contributed by atoms with E-state index >= 15 is 0 Å². The Bertz CT molecular complexity index is 4800. The Kier molecular flexibility index (Phi) is 22.8. The van der Waals surface area contributed by atoms with Crippen LogP contribution in [0.25, 0.3) is 4.85 Å². The van der Waals surface area contributed by atoms with Crippen molar-refractivity contribution >= 4 is 93.5 Å². The number of aromatic nitrogens is 6. The van der Waals surface area contributed by atoms with E-state index in [1.54, 1.807) is 12.1 Å². The Balaban J connectivity index is 1.23. The molecule has 0 saturated heterocycles. The number of rotatable bonds is 30. The number of pyridine rings is 3. The second kappa shape index (κ2) is 31.2. The highest BCUT2D eigenvalue weighted by atomic mass is 16.4. The highest BCUT2D eigenvalue weighted by Gasteiger charge is 2.28. The number of nitrogens with one attached hydrogen (secondary N) is 3. The van der Waals surface area contributed by atoms with Gasteiger partial charge < -0.3 is 61.9 Å². The van der Waals surface area contributed by atoms with Crippen LogP contribution in [-0.4, -0.2) is 117 Å². The Morgan fingerprint density at radius 2 is 0.959 bits per heavy atom. The number of hydrogen-bond acceptors (Lipinski definition) is 26. The topological polar surface area (TPSA) is 551 Å². The number of nitrogens with zero attached hydrogens (tertiary/aromatic N) is 15. The molecule has 36 nitrogen and oxygen atoms in total. The van der Waals surface area contributed by atoms with Crippen molar-refractivity contribution in [3.8, 4) is 29.8 Å². The van der Waals surface area contributed by atoms with Crippen LogP contribution in [0, 0.1) is 50.0 Å². The summed E-state index contributed by atoms with van der Waals surface area (Å²) in [6.07, 6.45) is 1.47. The van der Waals surface area contributed by atoms with Crippen molar-refractivity contribution in [2.45, 2.75) is 98.4 Å². The van der Waals surface area contributed by atoms with Gasteiger partial charge in [-0.3, -0.25) is 28.1 Å². The van der Waals surface area contributed by atoms with Crippen LogP contribution in [0.15, 0.2) is 99.7 Å². The van der Waals surface area contributed by atoms with Crippen LogP contribution in [0.2, 0.25) is 0 Å². The molecule has 7 rings (SSSR count). The number of aromatic carboxylic acids is 6. The van der Waals surface area contributed by atoms with E-state index in [2.05, 4.69) is 66.4 Å². The summed E-state index contributed by atoms with van der Waals surface area (Å²) in [5.74, 6) is -12.3. The van der Waals surface area contributed by atoms with E-state index in [1.165, 1.54) is 20.8 Å². The fourth-order valence-corrected chi connectivity index (χ4v) is 9.57. The molecule has 7 aromatic rings. The number of anilines is 3. The second-order valence-corrected chi connectivity index (χ2v) is 21.0. The lowest BCUT2D eigenvalue weighted by atomic mass is 10.1. The fourth-order valence-electron chi connectivity index (χ4n) is 9.57. The van der Waals surface area contributed by atoms with Gasteiger partial charge in [-0.15, -0.1) is 30.7 Å². The van der Waals surface area contributed by atoms with Crippen LogP contribution in [0.4, 0.5) is 57.7 Å². The summed E-state index contributed by atoms with van der Waals surface area (Å²) >= 11 is 0. The molecule has 0 radical (unpaired) electrons. The van der Waals surface area contributed by atoms with Gasteiger partial charge in [0.1, 0.15) is 58.8 Å². The van der Waals surface area contributed by atoms with Crippen molar-refractivity contribution in [3.05, 3.63) is 158 Å². The first-order valence-electron chi connectivity index (χ1n) is 28.8. The largest absolute Gasteiger partial charge is 0.493 e. The first-order valence-corrected chi connectivity index (χ1v) is 28.8. The number of carboxylic acids is 6. The van der Waals surface area contributed by atoms with Gasteiger partial charge in [0.15, 0.2) is 11.4 Å². The third-order valence-corrected chi connectivity index (χ3v) is 14.7. The number of azo groups is 3. The molecule has 4 aromatic heterocycles. The predicted molar refractivity (Wildman–Crippen MR) is 338 cm³/mol. The minimum atomic E-state index is -1.52. The number of aromatic hydroxyl groups is 3. The normalized spacial score (nSPS) is 11.5. The summed E-state index contributed by atoms with van der Waals surface area (Å²) in [6.45, 7) is 12.8. The molecule has 0 spiro atoms. The van der Waals surface area contributed by atoms with Gasteiger partial charge in [0, 0.05) is 24.2 Å². The summed E-state index contributed by atoms with van der Waals surface area (Å²) in [5.41, 5.74) is -10.3. The smallest absolute Gasteiger partial charge is 0.337 e. The Hall–Kier alpha value is -13.6. The molecule has 4 heterocycles. The van der Waals surface area contributed by atoms with E-state index < -0.39 is 145 Å². The van der Waals surface area contributed by atoms with E-state index in [-0.39, 0.29) is 82.8 Å². The number of hydrogen-bond donors (Lipinski definition) is 12. The number of carboxylic acid groups (broad SMARTS) is 6. The van der Waals surface area contributed by atoms with Crippen LogP contribution in [0.3, 0.4) is 0 Å². The lowest BCUT2D eigenvalue weighted by Crippen LogP contribution is -2.31. The lowest BCUT2D eigenvalue weighted by Gasteiger charge is -2.24. The molecule has 97 heavy (non-hydrogen) atoms. The molecular formula is C61H56N18O18. The second-order valence-electron chi connectivity index (χ2n) is 21.0. The van der Waals surface area contributed by atoms with E-state index in [0.717, 1.165) is 63.7 Å². The van der Waals surface area contributed by atoms with Crippen molar-refractivity contribution < 1.29 is 74.7 Å². The van der Waals surface area contributed by atoms with Gasteiger partial charge in [0.2, 0.25) is 35.5 Å². The minimum absolute atomic E-state index is 0.0126. The van der Waals surface area contributed by atoms with Gasteiger partial charge in [-0.05, 0) is 107 Å². The molecule has 36 heteroatoms. The van der Waals surface area contributed by atoms with E-state index in [0.29, 0.717) is 43.1 Å². The molecule has 0 saturated carbocycles. The highest BCUT2D eigenvalue weighted by molar-refractivity contribution is 5.98. The van der Waals surface area contributed by atoms with Crippen LogP contribution in [0.1, 0.15) is 154 Å². The van der Waals surface area contributed by atoms with Crippen molar-refractivity contribution in [3.63, 3.8) is 0 Å². The Labute approximate surface area is 545 Å². The summed E-state index contributed by atoms with van der Waals surface area (Å²) in [5, 5.41) is 145. The number of unbranched alkanes of at least 4 members (excludes halogenated alkanes) is 5. The summed E-state index contributed by atoms with van der Waals surface area (Å²) in [4.78, 5) is 130. The predicted octanol–water partition coefficient (Wildman–Crippen LogP) is 10.1. The van der Waals surface area contributed by atoms with Crippen LogP contribution in [-0.2, 0) is 13.2 Å². The molecule has 12 N–H and O–H groups in total.